The number of carbonyl (C=O) groups excluding carboxylic acids is 1. The lowest BCUT2D eigenvalue weighted by atomic mass is 10.1. The number of aryl methyl sites for hydroxylation is 1. The lowest BCUT2D eigenvalue weighted by molar-refractivity contribution is 0.0600. The van der Waals surface area contributed by atoms with Crippen LogP contribution in [0.5, 0.6) is 0 Å². The van der Waals surface area contributed by atoms with Crippen LogP contribution >= 0.6 is 11.3 Å². The quantitative estimate of drug-likeness (QED) is 0.570. The van der Waals surface area contributed by atoms with Gasteiger partial charge in [-0.2, -0.15) is 4.98 Å². The number of ether oxygens (including phenoxy) is 1. The highest BCUT2D eigenvalue weighted by Gasteiger charge is 2.20. The molecule has 0 bridgehead atoms. The van der Waals surface area contributed by atoms with E-state index in [0.717, 1.165) is 49.0 Å². The van der Waals surface area contributed by atoms with Crippen molar-refractivity contribution < 1.29 is 14.1 Å². The van der Waals surface area contributed by atoms with Crippen LogP contribution in [0.15, 0.2) is 34.2 Å². The maximum Gasteiger partial charge on any atom is 0.337 e. The first-order valence-corrected chi connectivity index (χ1v) is 10.4. The van der Waals surface area contributed by atoms with Crippen molar-refractivity contribution in [1.82, 2.24) is 24.9 Å². The summed E-state index contributed by atoms with van der Waals surface area (Å²) in [5.41, 5.74) is 2.45. The number of aromatic nitrogens is 3. The van der Waals surface area contributed by atoms with Gasteiger partial charge in [0.2, 0.25) is 11.7 Å². The van der Waals surface area contributed by atoms with Crippen molar-refractivity contribution in [1.29, 1.82) is 0 Å². The molecule has 29 heavy (non-hydrogen) atoms. The summed E-state index contributed by atoms with van der Waals surface area (Å²) in [6.45, 7) is 7.47. The Morgan fingerprint density at radius 2 is 1.79 bits per heavy atom. The number of rotatable bonds is 6. The smallest absolute Gasteiger partial charge is 0.337 e. The molecule has 1 aromatic carbocycles. The van der Waals surface area contributed by atoms with E-state index in [-0.39, 0.29) is 5.97 Å². The lowest BCUT2D eigenvalue weighted by Gasteiger charge is -2.33. The number of hydrogen-bond donors (Lipinski definition) is 0. The monoisotopic (exact) mass is 413 g/mol. The zero-order valence-electron chi connectivity index (χ0n) is 16.5. The second-order valence-corrected chi connectivity index (χ2v) is 8.05. The van der Waals surface area contributed by atoms with Gasteiger partial charge in [-0.25, -0.2) is 9.78 Å². The van der Waals surface area contributed by atoms with Gasteiger partial charge in [0.25, 0.3) is 0 Å². The number of hydrogen-bond acceptors (Lipinski definition) is 9. The van der Waals surface area contributed by atoms with E-state index in [4.69, 9.17) is 9.26 Å². The minimum atomic E-state index is -0.366. The van der Waals surface area contributed by atoms with E-state index < -0.39 is 0 Å². The Kier molecular flexibility index (Phi) is 5.98. The molecule has 0 N–H and O–H groups in total. The zero-order chi connectivity index (χ0) is 20.2. The molecule has 9 heteroatoms. The molecule has 2 aromatic heterocycles. The van der Waals surface area contributed by atoms with Crippen molar-refractivity contribution in [2.45, 2.75) is 20.0 Å². The molecule has 1 saturated heterocycles. The predicted octanol–water partition coefficient (Wildman–Crippen LogP) is 2.61. The third kappa shape index (κ3) is 4.87. The van der Waals surface area contributed by atoms with E-state index in [2.05, 4.69) is 30.3 Å². The highest BCUT2D eigenvalue weighted by atomic mass is 32.1. The van der Waals surface area contributed by atoms with Crippen molar-refractivity contribution >= 4 is 17.3 Å². The van der Waals surface area contributed by atoms with Crippen molar-refractivity contribution in [3.63, 3.8) is 0 Å². The summed E-state index contributed by atoms with van der Waals surface area (Å²) in [4.78, 5) is 25.3. The van der Waals surface area contributed by atoms with Crippen molar-refractivity contribution in [3.8, 4) is 11.4 Å². The Balaban J connectivity index is 1.30. The van der Waals surface area contributed by atoms with Crippen LogP contribution in [-0.4, -0.2) is 64.2 Å². The number of methoxy groups -OCH3 is 1. The highest BCUT2D eigenvalue weighted by Crippen LogP contribution is 2.18. The maximum atomic E-state index is 11.5. The summed E-state index contributed by atoms with van der Waals surface area (Å²) in [7, 11) is 1.36. The molecule has 0 atom stereocenters. The van der Waals surface area contributed by atoms with Crippen LogP contribution in [0, 0.1) is 6.92 Å². The molecular weight excluding hydrogens is 390 g/mol. The van der Waals surface area contributed by atoms with Gasteiger partial charge in [-0.1, -0.05) is 17.3 Å². The average Bonchev–Trinajstić information content (AvgIpc) is 3.38. The number of thiazole rings is 1. The normalized spacial score (nSPS) is 15.5. The van der Waals surface area contributed by atoms with Crippen molar-refractivity contribution in [2.75, 3.05) is 33.3 Å². The van der Waals surface area contributed by atoms with Gasteiger partial charge >= 0.3 is 5.97 Å². The van der Waals surface area contributed by atoms with Crippen molar-refractivity contribution in [3.05, 3.63) is 51.8 Å². The first-order valence-electron chi connectivity index (χ1n) is 9.48. The molecule has 3 heterocycles. The van der Waals surface area contributed by atoms with Gasteiger partial charge in [-0.05, 0) is 19.1 Å². The number of piperazine rings is 1. The fourth-order valence-corrected chi connectivity index (χ4v) is 3.92. The molecule has 0 radical (unpaired) electrons. The SMILES string of the molecule is COC(=O)c1ccc(-c2noc(CN3CCN(Cc4csc(C)n4)CC3)n2)cc1. The van der Waals surface area contributed by atoms with Crippen LogP contribution in [-0.2, 0) is 17.8 Å². The van der Waals surface area contributed by atoms with E-state index in [1.54, 1.807) is 35.6 Å². The van der Waals surface area contributed by atoms with E-state index in [0.29, 0.717) is 23.8 Å². The van der Waals surface area contributed by atoms with Gasteiger partial charge in [0.15, 0.2) is 0 Å². The molecule has 4 rings (SSSR count). The summed E-state index contributed by atoms with van der Waals surface area (Å²) < 4.78 is 10.1. The topological polar surface area (TPSA) is 84.6 Å². The third-order valence-electron chi connectivity index (χ3n) is 4.91. The van der Waals surface area contributed by atoms with Crippen LogP contribution < -0.4 is 0 Å². The Labute approximate surface area is 173 Å². The van der Waals surface area contributed by atoms with Crippen LogP contribution in [0.4, 0.5) is 0 Å². The van der Waals surface area contributed by atoms with Crippen molar-refractivity contribution in [2.24, 2.45) is 0 Å². The summed E-state index contributed by atoms with van der Waals surface area (Å²) in [5.74, 6) is 0.754. The molecule has 0 spiro atoms. The summed E-state index contributed by atoms with van der Waals surface area (Å²) in [5, 5.41) is 7.33. The molecule has 0 aliphatic carbocycles. The Hall–Kier alpha value is -2.62. The number of nitrogens with zero attached hydrogens (tertiary/aromatic N) is 5. The Bertz CT molecular complexity index is 961. The van der Waals surface area contributed by atoms with E-state index in [9.17, 15) is 4.79 Å². The molecular formula is C20H23N5O3S. The molecule has 1 aliphatic rings. The van der Waals surface area contributed by atoms with Crippen LogP contribution in [0.25, 0.3) is 11.4 Å². The number of carbonyl (C=O) groups is 1. The first-order chi connectivity index (χ1) is 14.1. The molecule has 8 nitrogen and oxygen atoms in total. The maximum absolute atomic E-state index is 11.5. The van der Waals surface area contributed by atoms with E-state index in [1.807, 2.05) is 6.92 Å². The highest BCUT2D eigenvalue weighted by molar-refractivity contribution is 7.09. The van der Waals surface area contributed by atoms with E-state index in [1.165, 1.54) is 7.11 Å². The van der Waals surface area contributed by atoms with Crippen LogP contribution in [0.3, 0.4) is 0 Å². The Morgan fingerprint density at radius 3 is 2.41 bits per heavy atom. The molecule has 1 aliphatic heterocycles. The first kappa shape index (κ1) is 19.7. The summed E-state index contributed by atoms with van der Waals surface area (Å²) in [6.07, 6.45) is 0. The minimum Gasteiger partial charge on any atom is -0.465 e. The fraction of sp³-hybridized carbons (Fsp3) is 0.400. The Morgan fingerprint density at radius 1 is 1.10 bits per heavy atom. The van der Waals surface area contributed by atoms with Gasteiger partial charge in [-0.3, -0.25) is 9.80 Å². The molecule has 152 valence electrons. The van der Waals surface area contributed by atoms with E-state index >= 15 is 0 Å². The summed E-state index contributed by atoms with van der Waals surface area (Å²) in [6, 6.07) is 6.97. The van der Waals surface area contributed by atoms with Crippen LogP contribution in [0.1, 0.15) is 27.0 Å². The number of benzene rings is 1. The molecule has 0 unspecified atom stereocenters. The average molecular weight is 414 g/mol. The third-order valence-corrected chi connectivity index (χ3v) is 5.73. The zero-order valence-corrected chi connectivity index (χ0v) is 17.3. The van der Waals surface area contributed by atoms with Gasteiger partial charge in [0.1, 0.15) is 0 Å². The van der Waals surface area contributed by atoms with Gasteiger partial charge in [0.05, 0.1) is 29.9 Å². The standard InChI is InChI=1S/C20H23N5O3S/c1-14-21-17(13-29-14)11-24-7-9-25(10-8-24)12-18-22-19(23-28-18)15-3-5-16(6-4-15)20(26)27-2/h3-6,13H,7-12H2,1-2H3. The summed E-state index contributed by atoms with van der Waals surface area (Å²) >= 11 is 1.70. The molecule has 1 fully saturated rings. The largest absolute Gasteiger partial charge is 0.465 e. The van der Waals surface area contributed by atoms with Gasteiger partial charge in [-0.15, -0.1) is 11.3 Å². The second kappa shape index (κ2) is 8.81. The lowest BCUT2D eigenvalue weighted by Crippen LogP contribution is -2.45. The second-order valence-electron chi connectivity index (χ2n) is 6.99. The fourth-order valence-electron chi connectivity index (χ4n) is 3.32. The predicted molar refractivity (Wildman–Crippen MR) is 108 cm³/mol. The minimum absolute atomic E-state index is 0.366. The molecule has 0 amide bonds. The van der Waals surface area contributed by atoms with Gasteiger partial charge < -0.3 is 9.26 Å². The van der Waals surface area contributed by atoms with Crippen LogP contribution in [0.2, 0.25) is 0 Å². The molecule has 0 saturated carbocycles. The molecule has 3 aromatic rings. The number of esters is 1. The van der Waals surface area contributed by atoms with Gasteiger partial charge in [0, 0.05) is 43.7 Å².